The Hall–Kier alpha value is -2.59. The molecule has 2 heterocycles. The fourth-order valence-corrected chi connectivity index (χ4v) is 5.80. The van der Waals surface area contributed by atoms with Crippen molar-refractivity contribution in [2.45, 2.75) is 62.4 Å². The molecule has 0 aromatic heterocycles. The molecule has 2 aliphatic heterocycles. The van der Waals surface area contributed by atoms with Crippen LogP contribution in [0.3, 0.4) is 0 Å². The number of piperidine rings is 2. The lowest BCUT2D eigenvalue weighted by atomic mass is 9.68. The molecular formula is C28H32F6N2O2. The van der Waals surface area contributed by atoms with Gasteiger partial charge in [-0.25, -0.2) is 0 Å². The van der Waals surface area contributed by atoms with Crippen molar-refractivity contribution >= 4 is 5.91 Å². The molecule has 0 radical (unpaired) electrons. The summed E-state index contributed by atoms with van der Waals surface area (Å²) in [6.45, 7) is 3.27. The van der Waals surface area contributed by atoms with E-state index in [4.69, 9.17) is 4.74 Å². The summed E-state index contributed by atoms with van der Waals surface area (Å²) in [4.78, 5) is 14.8. The van der Waals surface area contributed by atoms with Gasteiger partial charge in [-0.05, 0) is 87.0 Å². The minimum Gasteiger partial charge on any atom is -0.368 e. The molecule has 4 rings (SSSR count). The van der Waals surface area contributed by atoms with Crippen molar-refractivity contribution in [1.82, 2.24) is 10.2 Å². The molecule has 1 N–H and O–H groups in total. The van der Waals surface area contributed by atoms with E-state index >= 15 is 0 Å². The monoisotopic (exact) mass is 542 g/mol. The zero-order valence-electron chi connectivity index (χ0n) is 21.2. The van der Waals surface area contributed by atoms with Crippen molar-refractivity contribution in [2.75, 3.05) is 32.8 Å². The maximum Gasteiger partial charge on any atom is 0.416 e. The molecule has 0 aliphatic carbocycles. The van der Waals surface area contributed by atoms with E-state index in [1.54, 1.807) is 36.1 Å². The van der Waals surface area contributed by atoms with E-state index in [2.05, 4.69) is 5.32 Å². The Morgan fingerprint density at radius 1 is 0.974 bits per heavy atom. The second-order valence-electron chi connectivity index (χ2n) is 10.0. The van der Waals surface area contributed by atoms with Crippen molar-refractivity contribution in [1.29, 1.82) is 0 Å². The first-order valence-electron chi connectivity index (χ1n) is 12.9. The molecular weight excluding hydrogens is 510 g/mol. The highest BCUT2D eigenvalue weighted by Crippen LogP contribution is 2.45. The number of halogens is 6. The van der Waals surface area contributed by atoms with Crippen LogP contribution in [0.25, 0.3) is 0 Å². The van der Waals surface area contributed by atoms with Crippen LogP contribution in [0.1, 0.15) is 65.6 Å². The summed E-state index contributed by atoms with van der Waals surface area (Å²) < 4.78 is 85.9. The predicted molar refractivity (Wildman–Crippen MR) is 131 cm³/mol. The van der Waals surface area contributed by atoms with Crippen molar-refractivity contribution in [3.63, 3.8) is 0 Å². The molecule has 1 amide bonds. The Morgan fingerprint density at radius 3 is 2.05 bits per heavy atom. The summed E-state index contributed by atoms with van der Waals surface area (Å²) in [6, 6.07) is 11.6. The van der Waals surface area contributed by atoms with E-state index in [1.165, 1.54) is 12.1 Å². The van der Waals surface area contributed by atoms with Gasteiger partial charge in [-0.3, -0.25) is 4.79 Å². The second kappa shape index (κ2) is 11.3. The van der Waals surface area contributed by atoms with Gasteiger partial charge in [-0.2, -0.15) is 26.3 Å². The van der Waals surface area contributed by atoms with E-state index in [0.717, 1.165) is 17.7 Å². The quantitative estimate of drug-likeness (QED) is 0.435. The van der Waals surface area contributed by atoms with Crippen LogP contribution in [0.2, 0.25) is 0 Å². The summed E-state index contributed by atoms with van der Waals surface area (Å²) in [6.07, 6.45) is -9.08. The van der Waals surface area contributed by atoms with Crippen LogP contribution in [-0.2, 0) is 16.3 Å². The van der Waals surface area contributed by atoms with Crippen molar-refractivity contribution < 1.29 is 35.9 Å². The summed E-state index contributed by atoms with van der Waals surface area (Å²) in [5, 5.41) is 3.12. The topological polar surface area (TPSA) is 41.6 Å². The summed E-state index contributed by atoms with van der Waals surface area (Å²) in [7, 11) is 0. The molecule has 208 valence electrons. The Morgan fingerprint density at radius 2 is 1.55 bits per heavy atom. The van der Waals surface area contributed by atoms with Crippen LogP contribution in [0, 0.1) is 0 Å². The van der Waals surface area contributed by atoms with Gasteiger partial charge in [-0.1, -0.05) is 24.3 Å². The van der Waals surface area contributed by atoms with Crippen molar-refractivity contribution in [3.05, 3.63) is 70.8 Å². The number of carbonyl (C=O) groups is 1. The standard InChI is InChI=1S/C28H32F6N2O2/c1-2-38-25(28(32,33)34)26(13-15-35-16-14-26)22-7-5-21(6-8-22)24(37)36-17-11-20(12-18-36)19-3-9-23(10-4-19)27(29,30)31/h3-10,20,25,35H,2,11-18H2,1H3. The lowest BCUT2D eigenvalue weighted by Gasteiger charge is -2.44. The minimum absolute atomic E-state index is 0.0568. The van der Waals surface area contributed by atoms with Crippen LogP contribution in [0.15, 0.2) is 48.5 Å². The van der Waals surface area contributed by atoms with E-state index in [0.29, 0.717) is 50.1 Å². The van der Waals surface area contributed by atoms with Gasteiger partial charge < -0.3 is 15.0 Å². The third kappa shape index (κ3) is 6.01. The summed E-state index contributed by atoms with van der Waals surface area (Å²) in [5.74, 6) is -0.152. The summed E-state index contributed by atoms with van der Waals surface area (Å²) in [5.41, 5.74) is -0.207. The van der Waals surface area contributed by atoms with Gasteiger partial charge in [0.1, 0.15) is 0 Å². The van der Waals surface area contributed by atoms with Gasteiger partial charge in [0, 0.05) is 30.7 Å². The van der Waals surface area contributed by atoms with Gasteiger partial charge in [0.15, 0.2) is 6.10 Å². The number of nitrogens with zero attached hydrogens (tertiary/aromatic N) is 1. The van der Waals surface area contributed by atoms with Crippen LogP contribution in [-0.4, -0.2) is 55.9 Å². The van der Waals surface area contributed by atoms with Crippen molar-refractivity contribution in [3.8, 4) is 0 Å². The molecule has 0 bridgehead atoms. The first-order chi connectivity index (χ1) is 18.0. The highest BCUT2D eigenvalue weighted by atomic mass is 19.4. The number of benzene rings is 2. The molecule has 38 heavy (non-hydrogen) atoms. The van der Waals surface area contributed by atoms with Crippen LogP contribution < -0.4 is 5.32 Å². The molecule has 2 aliphatic rings. The highest BCUT2D eigenvalue weighted by molar-refractivity contribution is 5.94. The molecule has 2 aromatic rings. The van der Waals surface area contributed by atoms with E-state index in [1.807, 2.05) is 0 Å². The van der Waals surface area contributed by atoms with Crippen LogP contribution in [0.4, 0.5) is 26.3 Å². The Bertz CT molecular complexity index is 1070. The molecule has 0 saturated carbocycles. The van der Waals surface area contributed by atoms with Crippen LogP contribution >= 0.6 is 0 Å². The van der Waals surface area contributed by atoms with Gasteiger partial charge >= 0.3 is 12.4 Å². The van der Waals surface area contributed by atoms with Gasteiger partial charge in [-0.15, -0.1) is 0 Å². The minimum atomic E-state index is -4.53. The fourth-order valence-electron chi connectivity index (χ4n) is 5.80. The molecule has 2 saturated heterocycles. The average molecular weight is 543 g/mol. The molecule has 1 unspecified atom stereocenters. The number of hydrogen-bond acceptors (Lipinski definition) is 3. The first kappa shape index (κ1) is 28.4. The van der Waals surface area contributed by atoms with E-state index < -0.39 is 29.4 Å². The number of likely N-dealkylation sites (tertiary alicyclic amines) is 1. The maximum atomic E-state index is 14.0. The van der Waals surface area contributed by atoms with Gasteiger partial charge in [0.05, 0.1) is 5.56 Å². The summed E-state index contributed by atoms with van der Waals surface area (Å²) >= 11 is 0. The zero-order chi connectivity index (χ0) is 27.6. The number of amides is 1. The fraction of sp³-hybridized carbons (Fsp3) is 0.536. The zero-order valence-corrected chi connectivity index (χ0v) is 21.2. The molecule has 2 aromatic carbocycles. The third-order valence-corrected chi connectivity index (χ3v) is 7.83. The van der Waals surface area contributed by atoms with Gasteiger partial charge in [0.25, 0.3) is 5.91 Å². The molecule has 2 fully saturated rings. The number of ether oxygens (including phenoxy) is 1. The Labute approximate surface area is 218 Å². The average Bonchev–Trinajstić information content (AvgIpc) is 2.91. The lowest BCUT2D eigenvalue weighted by molar-refractivity contribution is -0.244. The number of alkyl halides is 6. The first-order valence-corrected chi connectivity index (χ1v) is 12.9. The SMILES string of the molecule is CCOC(C(F)(F)F)C1(c2ccc(C(=O)N3CCC(c4ccc(C(F)(F)F)cc4)CC3)cc2)CCNCC1. The smallest absolute Gasteiger partial charge is 0.368 e. The van der Waals surface area contributed by atoms with Crippen LogP contribution in [0.5, 0.6) is 0 Å². The Kier molecular flexibility index (Phi) is 8.42. The number of hydrogen-bond donors (Lipinski definition) is 1. The molecule has 4 nitrogen and oxygen atoms in total. The number of nitrogens with one attached hydrogen (secondary N) is 1. The maximum absolute atomic E-state index is 14.0. The Balaban J connectivity index is 1.45. The van der Waals surface area contributed by atoms with Gasteiger partial charge in [0.2, 0.25) is 0 Å². The number of rotatable bonds is 6. The predicted octanol–water partition coefficient (Wildman–Crippen LogP) is 6.31. The number of carbonyl (C=O) groups excluding carboxylic acids is 1. The molecule has 0 spiro atoms. The highest BCUT2D eigenvalue weighted by Gasteiger charge is 2.55. The molecule has 1 atom stereocenters. The van der Waals surface area contributed by atoms with Crippen molar-refractivity contribution in [2.24, 2.45) is 0 Å². The van der Waals surface area contributed by atoms with E-state index in [-0.39, 0.29) is 31.3 Å². The largest absolute Gasteiger partial charge is 0.416 e. The second-order valence-corrected chi connectivity index (χ2v) is 10.0. The molecule has 10 heteroatoms. The van der Waals surface area contributed by atoms with E-state index in [9.17, 15) is 31.1 Å². The lowest BCUT2D eigenvalue weighted by Crippen LogP contribution is -2.55. The third-order valence-electron chi connectivity index (χ3n) is 7.83. The normalized spacial score (nSPS) is 19.8.